The summed E-state index contributed by atoms with van der Waals surface area (Å²) >= 11 is 0. The summed E-state index contributed by atoms with van der Waals surface area (Å²) in [6.07, 6.45) is 3.21. The van der Waals surface area contributed by atoms with Crippen molar-refractivity contribution in [2.75, 3.05) is 17.7 Å². The Morgan fingerprint density at radius 3 is 2.46 bits per heavy atom. The second-order valence-corrected chi connectivity index (χ2v) is 6.55. The molecule has 0 fully saturated rings. The van der Waals surface area contributed by atoms with E-state index in [1.807, 2.05) is 26.0 Å². The highest BCUT2D eigenvalue weighted by molar-refractivity contribution is 6.05. The van der Waals surface area contributed by atoms with Crippen molar-refractivity contribution in [3.05, 3.63) is 59.9 Å². The minimum atomic E-state index is -0.274. The highest BCUT2D eigenvalue weighted by Gasteiger charge is 2.12. The van der Waals surface area contributed by atoms with Crippen molar-refractivity contribution in [1.82, 2.24) is 0 Å². The van der Waals surface area contributed by atoms with Crippen molar-refractivity contribution in [2.24, 2.45) is 0 Å². The summed E-state index contributed by atoms with van der Waals surface area (Å²) < 4.78 is 11.0. The number of carbonyl (C=O) groups excluding carboxylic acids is 2. The molecule has 6 nitrogen and oxygen atoms in total. The van der Waals surface area contributed by atoms with Gasteiger partial charge in [0.15, 0.2) is 0 Å². The van der Waals surface area contributed by atoms with E-state index < -0.39 is 0 Å². The number of methoxy groups -OCH3 is 1. The Balaban J connectivity index is 1.85. The van der Waals surface area contributed by atoms with Crippen LogP contribution in [0, 0.1) is 6.92 Å². The first-order valence-electron chi connectivity index (χ1n) is 8.80. The molecule has 0 aliphatic rings. The predicted molar refractivity (Wildman–Crippen MR) is 111 cm³/mol. The van der Waals surface area contributed by atoms with Crippen molar-refractivity contribution in [1.29, 1.82) is 0 Å². The molecule has 0 aliphatic heterocycles. The van der Waals surface area contributed by atoms with E-state index in [1.165, 1.54) is 13.0 Å². The van der Waals surface area contributed by atoms with Gasteiger partial charge in [0.1, 0.15) is 11.3 Å². The van der Waals surface area contributed by atoms with E-state index in [0.29, 0.717) is 17.1 Å². The first-order chi connectivity index (χ1) is 13.4. The number of anilines is 2. The highest BCUT2D eigenvalue weighted by atomic mass is 16.5. The van der Waals surface area contributed by atoms with Crippen LogP contribution in [-0.4, -0.2) is 18.9 Å². The molecule has 1 aromatic heterocycles. The minimum absolute atomic E-state index is 0.170. The fourth-order valence-electron chi connectivity index (χ4n) is 2.99. The number of aryl methyl sites for hydroxylation is 1. The fraction of sp³-hybridized carbons (Fsp3) is 0.182. The summed E-state index contributed by atoms with van der Waals surface area (Å²) in [6.45, 7) is 5.26. The van der Waals surface area contributed by atoms with Crippen molar-refractivity contribution in [2.45, 2.75) is 20.8 Å². The van der Waals surface area contributed by atoms with Gasteiger partial charge in [0.25, 0.3) is 0 Å². The number of allylic oxidation sites excluding steroid dienone is 1. The molecule has 0 atom stereocenters. The molecule has 0 radical (unpaired) electrons. The van der Waals surface area contributed by atoms with Crippen LogP contribution in [0.15, 0.2) is 53.2 Å². The maximum Gasteiger partial charge on any atom is 0.248 e. The van der Waals surface area contributed by atoms with Gasteiger partial charge in [-0.15, -0.1) is 0 Å². The lowest BCUT2D eigenvalue weighted by Gasteiger charge is -2.10. The fourth-order valence-corrected chi connectivity index (χ4v) is 2.99. The number of fused-ring (bicyclic) bond motifs is 1. The lowest BCUT2D eigenvalue weighted by Crippen LogP contribution is -2.10. The average Bonchev–Trinajstić information content (AvgIpc) is 3.00. The molecule has 0 unspecified atom stereocenters. The molecule has 2 N–H and O–H groups in total. The van der Waals surface area contributed by atoms with E-state index in [0.717, 1.165) is 27.7 Å². The second-order valence-electron chi connectivity index (χ2n) is 6.55. The van der Waals surface area contributed by atoms with Gasteiger partial charge in [0.05, 0.1) is 13.4 Å². The Bertz CT molecular complexity index is 1080. The summed E-state index contributed by atoms with van der Waals surface area (Å²) in [7, 11) is 1.58. The topological polar surface area (TPSA) is 80.6 Å². The van der Waals surface area contributed by atoms with Crippen molar-refractivity contribution in [3.8, 4) is 5.75 Å². The molecule has 3 aromatic rings. The van der Waals surface area contributed by atoms with Gasteiger partial charge in [-0.05, 0) is 49.2 Å². The van der Waals surface area contributed by atoms with Crippen LogP contribution in [0.1, 0.15) is 25.0 Å². The zero-order valence-corrected chi connectivity index (χ0v) is 16.3. The third-order valence-electron chi connectivity index (χ3n) is 4.31. The van der Waals surface area contributed by atoms with Gasteiger partial charge < -0.3 is 19.8 Å². The van der Waals surface area contributed by atoms with Crippen molar-refractivity contribution in [3.63, 3.8) is 0 Å². The Labute approximate surface area is 163 Å². The van der Waals surface area contributed by atoms with Crippen LogP contribution in [0.2, 0.25) is 0 Å². The number of amides is 2. The molecule has 0 saturated heterocycles. The number of hydrogen-bond donors (Lipinski definition) is 2. The Morgan fingerprint density at radius 1 is 1.07 bits per heavy atom. The third-order valence-corrected chi connectivity index (χ3v) is 4.31. The normalized spacial score (nSPS) is 11.4. The van der Waals surface area contributed by atoms with E-state index in [-0.39, 0.29) is 11.8 Å². The Hall–Kier alpha value is -3.54. The van der Waals surface area contributed by atoms with Crippen molar-refractivity contribution >= 4 is 39.7 Å². The first kappa shape index (κ1) is 19.2. The van der Waals surface area contributed by atoms with E-state index >= 15 is 0 Å². The average molecular weight is 378 g/mol. The highest BCUT2D eigenvalue weighted by Crippen LogP contribution is 2.33. The van der Waals surface area contributed by atoms with Crippen LogP contribution in [0.5, 0.6) is 5.75 Å². The monoisotopic (exact) mass is 378 g/mol. The minimum Gasteiger partial charge on any atom is -0.496 e. The van der Waals surface area contributed by atoms with Crippen LogP contribution < -0.4 is 15.4 Å². The van der Waals surface area contributed by atoms with Crippen LogP contribution in [0.25, 0.3) is 16.5 Å². The molecule has 28 heavy (non-hydrogen) atoms. The number of nitrogens with one attached hydrogen (secondary N) is 2. The maximum absolute atomic E-state index is 12.5. The first-order valence-corrected chi connectivity index (χ1v) is 8.80. The summed E-state index contributed by atoms with van der Waals surface area (Å²) in [5.74, 6) is 0.191. The van der Waals surface area contributed by atoms with Gasteiger partial charge in [-0.1, -0.05) is 6.07 Å². The van der Waals surface area contributed by atoms with Gasteiger partial charge in [-0.2, -0.15) is 0 Å². The third kappa shape index (κ3) is 4.23. The Kier molecular flexibility index (Phi) is 5.49. The van der Waals surface area contributed by atoms with Gasteiger partial charge in [0, 0.05) is 41.4 Å². The summed E-state index contributed by atoms with van der Waals surface area (Å²) in [5, 5.41) is 6.48. The second kappa shape index (κ2) is 8.00. The van der Waals surface area contributed by atoms with E-state index in [2.05, 4.69) is 10.6 Å². The Morgan fingerprint density at radius 2 is 1.79 bits per heavy atom. The lowest BCUT2D eigenvalue weighted by atomic mass is 10.0. The van der Waals surface area contributed by atoms with Crippen LogP contribution in [-0.2, 0) is 9.59 Å². The molecule has 2 amide bonds. The van der Waals surface area contributed by atoms with Crippen LogP contribution >= 0.6 is 0 Å². The van der Waals surface area contributed by atoms with E-state index in [4.69, 9.17) is 9.15 Å². The zero-order valence-electron chi connectivity index (χ0n) is 16.3. The lowest BCUT2D eigenvalue weighted by molar-refractivity contribution is -0.114. The van der Waals surface area contributed by atoms with Gasteiger partial charge in [-0.25, -0.2) is 0 Å². The van der Waals surface area contributed by atoms with Gasteiger partial charge in [0.2, 0.25) is 11.8 Å². The SMILES string of the molecule is COc1cc2occ(C)c2cc1/C(C)=C/C(=O)Nc1cccc(NC(C)=O)c1. The molecule has 2 aromatic carbocycles. The molecule has 1 heterocycles. The van der Waals surface area contributed by atoms with Crippen molar-refractivity contribution < 1.29 is 18.7 Å². The number of carbonyl (C=O) groups is 2. The smallest absolute Gasteiger partial charge is 0.248 e. The summed E-state index contributed by atoms with van der Waals surface area (Å²) in [5.41, 5.74) is 4.55. The molecule has 3 rings (SSSR count). The number of furan rings is 1. The van der Waals surface area contributed by atoms with Crippen LogP contribution in [0.4, 0.5) is 11.4 Å². The molecule has 0 saturated carbocycles. The molecule has 0 bridgehead atoms. The predicted octanol–water partition coefficient (Wildman–Crippen LogP) is 4.75. The van der Waals surface area contributed by atoms with E-state index in [1.54, 1.807) is 37.6 Å². The molecular formula is C22H22N2O4. The zero-order chi connectivity index (χ0) is 20.3. The number of hydrogen-bond acceptors (Lipinski definition) is 4. The maximum atomic E-state index is 12.5. The van der Waals surface area contributed by atoms with Crippen LogP contribution in [0.3, 0.4) is 0 Å². The quantitative estimate of drug-likeness (QED) is 0.628. The molecule has 6 heteroatoms. The number of rotatable bonds is 5. The standard InChI is InChI=1S/C22H22N2O4/c1-13(18-10-19-14(2)12-28-21(19)11-20(18)27-4)8-22(26)24-17-7-5-6-16(9-17)23-15(3)25/h5-12H,1-4H3,(H,23,25)(H,24,26)/b13-8+. The number of benzene rings is 2. The largest absolute Gasteiger partial charge is 0.496 e. The number of ether oxygens (including phenoxy) is 1. The molecule has 0 aliphatic carbocycles. The van der Waals surface area contributed by atoms with Gasteiger partial charge in [-0.3, -0.25) is 9.59 Å². The molecule has 144 valence electrons. The molecular weight excluding hydrogens is 356 g/mol. The van der Waals surface area contributed by atoms with Gasteiger partial charge >= 0.3 is 0 Å². The summed E-state index contributed by atoms with van der Waals surface area (Å²) in [6, 6.07) is 10.8. The van der Waals surface area contributed by atoms with E-state index in [9.17, 15) is 9.59 Å². The summed E-state index contributed by atoms with van der Waals surface area (Å²) in [4.78, 5) is 23.7. The molecule has 0 spiro atoms.